The van der Waals surface area contributed by atoms with E-state index in [0.29, 0.717) is 6.54 Å². The largest absolute Gasteiger partial charge is 0.369 e. The number of piperazine rings is 1. The summed E-state index contributed by atoms with van der Waals surface area (Å²) in [6.45, 7) is 3.96. The van der Waals surface area contributed by atoms with Gasteiger partial charge in [0.15, 0.2) is 0 Å². The van der Waals surface area contributed by atoms with Crippen molar-refractivity contribution in [3.63, 3.8) is 0 Å². The Morgan fingerprint density at radius 1 is 1.04 bits per heavy atom. The minimum absolute atomic E-state index is 0.0156. The van der Waals surface area contributed by atoms with Crippen LogP contribution >= 0.6 is 27.5 Å². The Morgan fingerprint density at radius 2 is 1.71 bits per heavy atom. The summed E-state index contributed by atoms with van der Waals surface area (Å²) in [6.07, 6.45) is 0. The number of anilines is 2. The Bertz CT molecular complexity index is 700. The molecule has 0 radical (unpaired) electrons. The van der Waals surface area contributed by atoms with Crippen LogP contribution in [0.25, 0.3) is 0 Å². The van der Waals surface area contributed by atoms with Crippen molar-refractivity contribution in [3.8, 4) is 0 Å². The number of carbonyl (C=O) groups excluding carboxylic acids is 1. The zero-order valence-corrected chi connectivity index (χ0v) is 15.6. The predicted molar refractivity (Wildman–Crippen MR) is 103 cm³/mol. The highest BCUT2D eigenvalue weighted by molar-refractivity contribution is 9.10. The van der Waals surface area contributed by atoms with E-state index < -0.39 is 0 Å². The molecule has 126 valence electrons. The van der Waals surface area contributed by atoms with Crippen molar-refractivity contribution in [2.75, 3.05) is 42.9 Å². The van der Waals surface area contributed by atoms with Gasteiger partial charge in [0.1, 0.15) is 0 Å². The highest BCUT2D eigenvalue weighted by Crippen LogP contribution is 2.22. The summed E-state index contributed by atoms with van der Waals surface area (Å²) in [5.41, 5.74) is 1.99. The lowest BCUT2D eigenvalue weighted by Crippen LogP contribution is -2.48. The molecule has 2 aromatic carbocycles. The van der Waals surface area contributed by atoms with Gasteiger partial charge in [-0.3, -0.25) is 9.69 Å². The third-order valence-corrected chi connectivity index (χ3v) is 5.02. The molecule has 1 aliphatic rings. The van der Waals surface area contributed by atoms with E-state index in [0.717, 1.165) is 41.4 Å². The maximum Gasteiger partial charge on any atom is 0.238 e. The first kappa shape index (κ1) is 17.3. The number of para-hydroxylation sites is 1. The van der Waals surface area contributed by atoms with Crippen molar-refractivity contribution in [1.82, 2.24) is 4.90 Å². The van der Waals surface area contributed by atoms with Crippen molar-refractivity contribution < 1.29 is 4.79 Å². The van der Waals surface area contributed by atoms with Crippen LogP contribution in [0.2, 0.25) is 5.02 Å². The highest BCUT2D eigenvalue weighted by atomic mass is 79.9. The van der Waals surface area contributed by atoms with E-state index in [9.17, 15) is 4.79 Å². The molecular weight excluding hydrogens is 390 g/mol. The zero-order valence-electron chi connectivity index (χ0n) is 13.2. The van der Waals surface area contributed by atoms with Gasteiger partial charge in [-0.25, -0.2) is 0 Å². The number of amides is 1. The molecule has 1 aliphatic heterocycles. The first-order valence-corrected chi connectivity index (χ1v) is 9.06. The summed E-state index contributed by atoms with van der Waals surface area (Å²) in [5.74, 6) is 0.0156. The Kier molecular flexibility index (Phi) is 5.76. The van der Waals surface area contributed by atoms with Crippen LogP contribution in [0.4, 0.5) is 11.4 Å². The molecule has 6 heteroatoms. The van der Waals surface area contributed by atoms with E-state index in [4.69, 9.17) is 11.6 Å². The van der Waals surface area contributed by atoms with Gasteiger partial charge < -0.3 is 10.2 Å². The lowest BCUT2D eigenvalue weighted by molar-refractivity contribution is -0.117. The summed E-state index contributed by atoms with van der Waals surface area (Å²) in [4.78, 5) is 16.7. The molecular formula is C18H19BrClN3O. The molecule has 1 N–H and O–H groups in total. The molecule has 2 aromatic rings. The van der Waals surface area contributed by atoms with Gasteiger partial charge in [-0.05, 0) is 52.3 Å². The molecule has 0 bridgehead atoms. The fourth-order valence-electron chi connectivity index (χ4n) is 2.77. The Morgan fingerprint density at radius 3 is 2.38 bits per heavy atom. The molecule has 0 aliphatic carbocycles. The molecule has 0 spiro atoms. The van der Waals surface area contributed by atoms with Gasteiger partial charge in [0.25, 0.3) is 0 Å². The second kappa shape index (κ2) is 8.01. The van der Waals surface area contributed by atoms with Gasteiger partial charge in [-0.2, -0.15) is 0 Å². The minimum Gasteiger partial charge on any atom is -0.369 e. The van der Waals surface area contributed by atoms with Gasteiger partial charge in [0, 0.05) is 41.4 Å². The maximum absolute atomic E-state index is 12.2. The van der Waals surface area contributed by atoms with Crippen LogP contribution in [0, 0.1) is 0 Å². The number of nitrogens with zero attached hydrogens (tertiary/aromatic N) is 2. The zero-order chi connectivity index (χ0) is 16.9. The molecule has 1 fully saturated rings. The van der Waals surface area contributed by atoms with Crippen LogP contribution in [0.15, 0.2) is 53.0 Å². The number of carbonyl (C=O) groups is 1. The number of nitrogens with one attached hydrogen (secondary N) is 1. The van der Waals surface area contributed by atoms with E-state index >= 15 is 0 Å². The smallest absolute Gasteiger partial charge is 0.238 e. The molecule has 1 saturated heterocycles. The molecule has 0 atom stereocenters. The quantitative estimate of drug-likeness (QED) is 0.834. The van der Waals surface area contributed by atoms with E-state index in [2.05, 4.69) is 31.0 Å². The topological polar surface area (TPSA) is 35.6 Å². The van der Waals surface area contributed by atoms with Crippen LogP contribution in [-0.4, -0.2) is 43.5 Å². The third-order valence-electron chi connectivity index (χ3n) is 4.08. The SMILES string of the molecule is O=C(CN1CCN(c2ccc(Cl)cc2)CC1)Nc1ccccc1Br. The molecule has 1 heterocycles. The van der Waals surface area contributed by atoms with Gasteiger partial charge in [-0.1, -0.05) is 23.7 Å². The summed E-state index contributed by atoms with van der Waals surface area (Å²) >= 11 is 9.38. The van der Waals surface area contributed by atoms with Crippen LogP contribution in [0.1, 0.15) is 0 Å². The number of benzene rings is 2. The average molecular weight is 409 g/mol. The van der Waals surface area contributed by atoms with Crippen molar-refractivity contribution in [2.24, 2.45) is 0 Å². The Balaban J connectivity index is 1.49. The van der Waals surface area contributed by atoms with Crippen molar-refractivity contribution in [2.45, 2.75) is 0 Å². The number of hydrogen-bond donors (Lipinski definition) is 1. The molecule has 0 unspecified atom stereocenters. The third kappa shape index (κ3) is 4.50. The van der Waals surface area contributed by atoms with E-state index in [1.54, 1.807) is 0 Å². The monoisotopic (exact) mass is 407 g/mol. The average Bonchev–Trinajstić information content (AvgIpc) is 2.58. The molecule has 0 saturated carbocycles. The predicted octanol–water partition coefficient (Wildman–Crippen LogP) is 3.86. The summed E-state index contributed by atoms with van der Waals surface area (Å²) in [7, 11) is 0. The highest BCUT2D eigenvalue weighted by Gasteiger charge is 2.19. The van der Waals surface area contributed by atoms with Gasteiger partial charge in [-0.15, -0.1) is 0 Å². The molecule has 3 rings (SSSR count). The first-order valence-electron chi connectivity index (χ1n) is 7.89. The number of rotatable bonds is 4. The summed E-state index contributed by atoms with van der Waals surface area (Å²) in [5, 5.41) is 3.70. The van der Waals surface area contributed by atoms with Crippen LogP contribution in [0.5, 0.6) is 0 Å². The Labute approximate surface area is 155 Å². The second-order valence-electron chi connectivity index (χ2n) is 5.77. The molecule has 24 heavy (non-hydrogen) atoms. The summed E-state index contributed by atoms with van der Waals surface area (Å²) < 4.78 is 0.894. The standard InChI is InChI=1S/C18H19BrClN3O/c19-16-3-1-2-4-17(16)21-18(24)13-22-9-11-23(12-10-22)15-7-5-14(20)6-8-15/h1-8H,9-13H2,(H,21,24). The molecule has 0 aromatic heterocycles. The van der Waals surface area contributed by atoms with Crippen molar-refractivity contribution in [1.29, 1.82) is 0 Å². The first-order chi connectivity index (χ1) is 11.6. The molecule has 1 amide bonds. The van der Waals surface area contributed by atoms with Crippen LogP contribution < -0.4 is 10.2 Å². The lowest BCUT2D eigenvalue weighted by Gasteiger charge is -2.35. The van der Waals surface area contributed by atoms with Crippen molar-refractivity contribution >= 4 is 44.8 Å². The fourth-order valence-corrected chi connectivity index (χ4v) is 3.28. The van der Waals surface area contributed by atoms with Gasteiger partial charge in [0.2, 0.25) is 5.91 Å². The summed E-state index contributed by atoms with van der Waals surface area (Å²) in [6, 6.07) is 15.5. The maximum atomic E-state index is 12.2. The molecule has 4 nitrogen and oxygen atoms in total. The van der Waals surface area contributed by atoms with Gasteiger partial charge in [0.05, 0.1) is 12.2 Å². The van der Waals surface area contributed by atoms with Gasteiger partial charge >= 0.3 is 0 Å². The fraction of sp³-hybridized carbons (Fsp3) is 0.278. The van der Waals surface area contributed by atoms with Crippen molar-refractivity contribution in [3.05, 3.63) is 58.0 Å². The number of hydrogen-bond acceptors (Lipinski definition) is 3. The lowest BCUT2D eigenvalue weighted by atomic mass is 10.2. The van der Waals surface area contributed by atoms with Crippen LogP contribution in [-0.2, 0) is 4.79 Å². The van der Waals surface area contributed by atoms with E-state index in [1.165, 1.54) is 5.69 Å². The normalized spacial score (nSPS) is 15.3. The Hall–Kier alpha value is -1.56. The van der Waals surface area contributed by atoms with E-state index in [-0.39, 0.29) is 5.91 Å². The number of halogens is 2. The van der Waals surface area contributed by atoms with Crippen LogP contribution in [0.3, 0.4) is 0 Å². The second-order valence-corrected chi connectivity index (χ2v) is 7.06. The van der Waals surface area contributed by atoms with E-state index in [1.807, 2.05) is 48.5 Å². The minimum atomic E-state index is 0.0156.